The van der Waals surface area contributed by atoms with E-state index in [9.17, 15) is 5.11 Å². The normalized spacial score (nSPS) is 22.3. The topological polar surface area (TPSA) is 35.8 Å². The van der Waals surface area contributed by atoms with E-state index in [0.717, 1.165) is 33.7 Å². The summed E-state index contributed by atoms with van der Waals surface area (Å²) in [6.07, 6.45) is 8.35. The van der Waals surface area contributed by atoms with E-state index in [0.29, 0.717) is 0 Å². The van der Waals surface area contributed by atoms with E-state index in [-0.39, 0.29) is 17.9 Å². The molecule has 4 aliphatic rings. The van der Waals surface area contributed by atoms with Gasteiger partial charge in [-0.3, -0.25) is 4.99 Å². The molecule has 0 radical (unpaired) electrons. The van der Waals surface area contributed by atoms with Gasteiger partial charge in [-0.1, -0.05) is 109 Å². The zero-order valence-corrected chi connectivity index (χ0v) is 22.9. The number of nitrogens with zero attached hydrogens (tertiary/aromatic N) is 2. The van der Waals surface area contributed by atoms with Crippen molar-refractivity contribution < 1.29 is 5.11 Å². The third kappa shape index (κ3) is 3.29. The molecule has 1 N–H and O–H groups in total. The number of allylic oxidation sites excluding steroid dienone is 2. The molecule has 0 spiro atoms. The number of hydrogen-bond acceptors (Lipinski definition) is 3. The van der Waals surface area contributed by atoms with Crippen LogP contribution >= 0.6 is 0 Å². The van der Waals surface area contributed by atoms with E-state index >= 15 is 0 Å². The molecule has 4 unspecified atom stereocenters. The fourth-order valence-electron chi connectivity index (χ4n) is 7.61. The van der Waals surface area contributed by atoms with Crippen molar-refractivity contribution in [2.24, 2.45) is 4.99 Å². The Kier molecular flexibility index (Phi) is 5.08. The quantitative estimate of drug-likeness (QED) is 0.248. The molecule has 2 heterocycles. The molecule has 0 aromatic heterocycles. The summed E-state index contributed by atoms with van der Waals surface area (Å²) in [4.78, 5) is 7.60. The summed E-state index contributed by atoms with van der Waals surface area (Å²) < 4.78 is 0. The minimum Gasteiger partial charge on any atom is -0.387 e. The Morgan fingerprint density at radius 1 is 0.643 bits per heavy atom. The van der Waals surface area contributed by atoms with E-state index in [1.54, 1.807) is 0 Å². The van der Waals surface area contributed by atoms with Gasteiger partial charge >= 0.3 is 0 Å². The lowest BCUT2D eigenvalue weighted by Crippen LogP contribution is -2.28. The molecule has 3 nitrogen and oxygen atoms in total. The summed E-state index contributed by atoms with van der Waals surface area (Å²) in [7, 11) is 0. The number of benzene rings is 5. The predicted octanol–water partition coefficient (Wildman–Crippen LogP) is 9.02. The summed E-state index contributed by atoms with van der Waals surface area (Å²) in [6.45, 7) is 0. The number of para-hydroxylation sites is 1. The monoisotopic (exact) mass is 540 g/mol. The number of aliphatic hydroxyl groups is 1. The van der Waals surface area contributed by atoms with Crippen molar-refractivity contribution in [3.63, 3.8) is 0 Å². The highest BCUT2D eigenvalue weighted by atomic mass is 16.3. The van der Waals surface area contributed by atoms with Crippen molar-refractivity contribution in [3.8, 4) is 22.3 Å². The number of rotatable bonds is 3. The van der Waals surface area contributed by atoms with E-state index in [1.165, 1.54) is 33.6 Å². The predicted molar refractivity (Wildman–Crippen MR) is 171 cm³/mol. The SMILES string of the molecule is OC1c2ccccc2-c2c(-c3ccc4c(c3)C3C=CC=CC3N4c3ccccc3)ccc3c2C1C(c1ccccc1)=N3. The maximum Gasteiger partial charge on any atom is 0.0921 e. The first-order valence-electron chi connectivity index (χ1n) is 14.7. The number of hydrogen-bond donors (Lipinski definition) is 1. The molecule has 0 saturated heterocycles. The van der Waals surface area contributed by atoms with Gasteiger partial charge in [-0.25, -0.2) is 0 Å². The van der Waals surface area contributed by atoms with Crippen molar-refractivity contribution in [1.29, 1.82) is 0 Å². The second-order valence-electron chi connectivity index (χ2n) is 11.6. The van der Waals surface area contributed by atoms with Crippen molar-refractivity contribution in [2.75, 3.05) is 4.90 Å². The first kappa shape index (κ1) is 23.7. The van der Waals surface area contributed by atoms with Gasteiger partial charge < -0.3 is 10.0 Å². The Hall–Kier alpha value is -4.99. The fourth-order valence-corrected chi connectivity index (χ4v) is 7.61. The molecule has 0 saturated carbocycles. The third-order valence-corrected chi connectivity index (χ3v) is 9.40. The molecule has 0 fully saturated rings. The van der Waals surface area contributed by atoms with E-state index in [4.69, 9.17) is 4.99 Å². The zero-order chi connectivity index (χ0) is 27.8. The smallest absolute Gasteiger partial charge is 0.0921 e. The van der Waals surface area contributed by atoms with E-state index < -0.39 is 6.10 Å². The highest BCUT2D eigenvalue weighted by Crippen LogP contribution is 2.57. The van der Waals surface area contributed by atoms with Crippen LogP contribution in [-0.4, -0.2) is 16.9 Å². The van der Waals surface area contributed by atoms with Gasteiger partial charge in [0.1, 0.15) is 0 Å². The molecule has 0 amide bonds. The molecular weight excluding hydrogens is 512 g/mol. The molecule has 200 valence electrons. The van der Waals surface area contributed by atoms with Crippen LogP contribution < -0.4 is 4.90 Å². The average Bonchev–Trinajstić information content (AvgIpc) is 3.61. The van der Waals surface area contributed by atoms with Crippen LogP contribution in [0.25, 0.3) is 22.3 Å². The van der Waals surface area contributed by atoms with Crippen LogP contribution in [0.1, 0.15) is 40.2 Å². The van der Waals surface area contributed by atoms with Gasteiger partial charge in [0.2, 0.25) is 0 Å². The Morgan fingerprint density at radius 3 is 2.26 bits per heavy atom. The minimum atomic E-state index is -0.650. The van der Waals surface area contributed by atoms with Crippen LogP contribution in [0, 0.1) is 0 Å². The molecule has 2 aliphatic heterocycles. The number of aliphatic hydroxyl groups excluding tert-OH is 1. The van der Waals surface area contributed by atoms with Crippen LogP contribution in [0.3, 0.4) is 0 Å². The first-order chi connectivity index (χ1) is 20.8. The Morgan fingerprint density at radius 2 is 1.40 bits per heavy atom. The molecule has 4 atom stereocenters. The second-order valence-corrected chi connectivity index (χ2v) is 11.6. The lowest BCUT2D eigenvalue weighted by Gasteiger charge is -2.32. The highest BCUT2D eigenvalue weighted by Gasteiger charge is 2.43. The number of fused-ring (bicyclic) bond motifs is 5. The molecule has 3 heteroatoms. The van der Waals surface area contributed by atoms with Crippen molar-refractivity contribution in [2.45, 2.75) is 24.0 Å². The molecular formula is C39H28N2O. The second kappa shape index (κ2) is 9.01. The lowest BCUT2D eigenvalue weighted by atomic mass is 9.72. The zero-order valence-electron chi connectivity index (χ0n) is 22.9. The van der Waals surface area contributed by atoms with Gasteiger partial charge in [-0.05, 0) is 74.8 Å². The fraction of sp³-hybridized carbons (Fsp3) is 0.103. The van der Waals surface area contributed by atoms with Gasteiger partial charge in [-0.15, -0.1) is 0 Å². The summed E-state index contributed by atoms with van der Waals surface area (Å²) >= 11 is 0. The number of anilines is 2. The van der Waals surface area contributed by atoms with Crippen molar-refractivity contribution >= 4 is 22.8 Å². The van der Waals surface area contributed by atoms with Crippen LogP contribution in [0.4, 0.5) is 17.1 Å². The van der Waals surface area contributed by atoms with Crippen molar-refractivity contribution in [3.05, 3.63) is 162 Å². The Labute approximate surface area is 245 Å². The maximum absolute atomic E-state index is 11.8. The molecule has 9 rings (SSSR count). The highest BCUT2D eigenvalue weighted by molar-refractivity contribution is 6.13. The molecule has 42 heavy (non-hydrogen) atoms. The standard InChI is InChI=1S/C39H28N2O/c42-39-30-17-8-7-16-29(30)35-27(20-21-32-36(35)37(39)38(40-32)24-11-3-1-4-12-24)25-19-22-34-31(23-25)28-15-9-10-18-33(28)41(34)26-13-5-2-6-14-26/h1-23,28,33,37,39,42H. The first-order valence-corrected chi connectivity index (χ1v) is 14.7. The third-order valence-electron chi connectivity index (χ3n) is 9.40. The van der Waals surface area contributed by atoms with Crippen LogP contribution in [0.15, 0.2) is 145 Å². The molecule has 2 aliphatic carbocycles. The summed E-state index contributed by atoms with van der Waals surface area (Å²) in [6, 6.07) is 40.9. The average molecular weight is 541 g/mol. The van der Waals surface area contributed by atoms with Gasteiger partial charge in [0.15, 0.2) is 0 Å². The van der Waals surface area contributed by atoms with Gasteiger partial charge in [0, 0.05) is 17.3 Å². The minimum absolute atomic E-state index is 0.203. The summed E-state index contributed by atoms with van der Waals surface area (Å²) in [5.74, 6) is 0.0804. The van der Waals surface area contributed by atoms with E-state index in [1.807, 2.05) is 24.3 Å². The van der Waals surface area contributed by atoms with Crippen LogP contribution in [-0.2, 0) is 0 Å². The van der Waals surface area contributed by atoms with Gasteiger partial charge in [-0.2, -0.15) is 0 Å². The summed E-state index contributed by atoms with van der Waals surface area (Å²) in [5.41, 5.74) is 13.6. The van der Waals surface area contributed by atoms with Gasteiger partial charge in [0.05, 0.1) is 29.5 Å². The lowest BCUT2D eigenvalue weighted by molar-refractivity contribution is 0.168. The van der Waals surface area contributed by atoms with E-state index in [2.05, 4.69) is 120 Å². The molecule has 5 aromatic rings. The van der Waals surface area contributed by atoms with Crippen LogP contribution in [0.2, 0.25) is 0 Å². The Balaban J connectivity index is 1.24. The van der Waals surface area contributed by atoms with Gasteiger partial charge in [0.25, 0.3) is 0 Å². The van der Waals surface area contributed by atoms with Crippen molar-refractivity contribution in [1.82, 2.24) is 0 Å². The summed E-state index contributed by atoms with van der Waals surface area (Å²) in [5, 5.41) is 11.8. The molecule has 5 aromatic carbocycles. The molecule has 0 bridgehead atoms. The maximum atomic E-state index is 11.8. The Bertz CT molecular complexity index is 1970. The largest absolute Gasteiger partial charge is 0.387 e. The van der Waals surface area contributed by atoms with Crippen LogP contribution in [0.5, 0.6) is 0 Å². The number of aliphatic imine (C=N–C) groups is 1.